The van der Waals surface area contributed by atoms with Crippen LogP contribution in [-0.4, -0.2) is 28.1 Å². The quantitative estimate of drug-likeness (QED) is 0.821. The summed E-state index contributed by atoms with van der Waals surface area (Å²) in [7, 11) is 0. The summed E-state index contributed by atoms with van der Waals surface area (Å²) in [6, 6.07) is 7.27. The van der Waals surface area contributed by atoms with E-state index in [-0.39, 0.29) is 11.2 Å². The summed E-state index contributed by atoms with van der Waals surface area (Å²) in [6.07, 6.45) is 0.504. The monoisotopic (exact) mass is 296 g/mol. The van der Waals surface area contributed by atoms with E-state index in [4.69, 9.17) is 5.73 Å². The van der Waals surface area contributed by atoms with Gasteiger partial charge in [0.05, 0.1) is 5.33 Å². The molecule has 0 saturated heterocycles. The lowest BCUT2D eigenvalue weighted by molar-refractivity contribution is -0.138. The van der Waals surface area contributed by atoms with Gasteiger partial charge in [0.1, 0.15) is 6.04 Å². The zero-order valence-corrected chi connectivity index (χ0v) is 10.8. The van der Waals surface area contributed by atoms with Gasteiger partial charge in [0.25, 0.3) is 0 Å². The minimum atomic E-state index is -0.532. The van der Waals surface area contributed by atoms with Crippen molar-refractivity contribution < 1.29 is 9.59 Å². The molecule has 1 aliphatic rings. The largest absolute Gasteiger partial charge is 0.368 e. The summed E-state index contributed by atoms with van der Waals surface area (Å²) in [6.45, 7) is 0.453. The van der Waals surface area contributed by atoms with Gasteiger partial charge < -0.3 is 10.6 Å². The molecule has 1 aliphatic heterocycles. The van der Waals surface area contributed by atoms with Crippen molar-refractivity contribution in [1.82, 2.24) is 4.90 Å². The number of alkyl halides is 1. The first-order valence-corrected chi connectivity index (χ1v) is 6.47. The highest BCUT2D eigenvalue weighted by atomic mass is 79.9. The fraction of sp³-hybridized carbons (Fsp3) is 0.333. The lowest BCUT2D eigenvalue weighted by Crippen LogP contribution is -2.51. The molecule has 1 heterocycles. The highest BCUT2D eigenvalue weighted by Gasteiger charge is 2.32. The molecule has 0 aromatic heterocycles. The lowest BCUT2D eigenvalue weighted by atomic mass is 9.93. The van der Waals surface area contributed by atoms with E-state index in [9.17, 15) is 9.59 Å². The SMILES string of the molecule is NC(=O)[C@@H]1Cc2ccccc2CN1C(=O)CBr. The van der Waals surface area contributed by atoms with Crippen LogP contribution in [0.5, 0.6) is 0 Å². The summed E-state index contributed by atoms with van der Waals surface area (Å²) in [5.74, 6) is -0.558. The summed E-state index contributed by atoms with van der Waals surface area (Å²) in [5.41, 5.74) is 7.53. The fourth-order valence-corrected chi connectivity index (χ4v) is 2.44. The van der Waals surface area contributed by atoms with Gasteiger partial charge in [-0.3, -0.25) is 9.59 Å². The third-order valence-corrected chi connectivity index (χ3v) is 3.49. The molecule has 2 N–H and O–H groups in total. The van der Waals surface area contributed by atoms with Crippen molar-refractivity contribution >= 4 is 27.7 Å². The van der Waals surface area contributed by atoms with Gasteiger partial charge in [-0.25, -0.2) is 0 Å². The molecule has 1 aromatic carbocycles. The first kappa shape index (κ1) is 12.1. The highest BCUT2D eigenvalue weighted by Crippen LogP contribution is 2.23. The molecule has 0 spiro atoms. The molecule has 1 atom stereocenters. The van der Waals surface area contributed by atoms with E-state index in [1.807, 2.05) is 24.3 Å². The van der Waals surface area contributed by atoms with Crippen molar-refractivity contribution in [2.24, 2.45) is 5.73 Å². The number of carbonyl (C=O) groups excluding carboxylic acids is 2. The van der Waals surface area contributed by atoms with Crippen LogP contribution in [0.15, 0.2) is 24.3 Å². The highest BCUT2D eigenvalue weighted by molar-refractivity contribution is 9.09. The maximum absolute atomic E-state index is 11.8. The first-order valence-electron chi connectivity index (χ1n) is 5.35. The summed E-state index contributed by atoms with van der Waals surface area (Å²) in [5, 5.41) is 0.207. The van der Waals surface area contributed by atoms with Gasteiger partial charge >= 0.3 is 0 Å². The van der Waals surface area contributed by atoms with Gasteiger partial charge in [0.2, 0.25) is 11.8 Å². The molecule has 0 fully saturated rings. The standard InChI is InChI=1S/C12H13BrN2O2/c13-6-11(16)15-7-9-4-2-1-3-8(9)5-10(15)12(14)17/h1-4,10H,5-7H2,(H2,14,17)/t10-/m0/s1. The minimum Gasteiger partial charge on any atom is -0.368 e. The van der Waals surface area contributed by atoms with Crippen LogP contribution < -0.4 is 5.73 Å². The van der Waals surface area contributed by atoms with Crippen LogP contribution in [0.25, 0.3) is 0 Å². The average molecular weight is 297 g/mol. The van der Waals surface area contributed by atoms with E-state index in [0.717, 1.165) is 11.1 Å². The second kappa shape index (κ2) is 4.87. The van der Waals surface area contributed by atoms with Crippen molar-refractivity contribution in [1.29, 1.82) is 0 Å². The first-order chi connectivity index (χ1) is 8.13. The van der Waals surface area contributed by atoms with E-state index in [2.05, 4.69) is 15.9 Å². The van der Waals surface area contributed by atoms with E-state index in [1.54, 1.807) is 4.90 Å². The maximum Gasteiger partial charge on any atom is 0.240 e. The van der Waals surface area contributed by atoms with Crippen LogP contribution in [0.4, 0.5) is 0 Å². The van der Waals surface area contributed by atoms with Gasteiger partial charge in [-0.2, -0.15) is 0 Å². The van der Waals surface area contributed by atoms with Crippen molar-refractivity contribution in [3.63, 3.8) is 0 Å². The molecule has 5 heteroatoms. The predicted octanol–water partition coefficient (Wildman–Crippen LogP) is 0.820. The van der Waals surface area contributed by atoms with Crippen LogP contribution in [0.3, 0.4) is 0 Å². The number of amides is 2. The van der Waals surface area contributed by atoms with Crippen LogP contribution in [-0.2, 0) is 22.6 Å². The topological polar surface area (TPSA) is 63.4 Å². The molecular formula is C12H13BrN2O2. The van der Waals surface area contributed by atoms with E-state index in [0.29, 0.717) is 13.0 Å². The number of benzene rings is 1. The summed E-state index contributed by atoms with van der Waals surface area (Å²) in [4.78, 5) is 24.7. The van der Waals surface area contributed by atoms with Crippen molar-refractivity contribution in [3.8, 4) is 0 Å². The van der Waals surface area contributed by atoms with Crippen LogP contribution in [0, 0.1) is 0 Å². The number of nitrogens with zero attached hydrogens (tertiary/aromatic N) is 1. The fourth-order valence-electron chi connectivity index (χ4n) is 2.12. The van der Waals surface area contributed by atoms with E-state index in [1.165, 1.54) is 0 Å². The smallest absolute Gasteiger partial charge is 0.240 e. The second-order valence-corrected chi connectivity index (χ2v) is 4.61. The summed E-state index contributed by atoms with van der Waals surface area (Å²) >= 11 is 3.12. The van der Waals surface area contributed by atoms with Crippen molar-refractivity contribution in [2.75, 3.05) is 5.33 Å². The third-order valence-electron chi connectivity index (χ3n) is 3.01. The predicted molar refractivity (Wildman–Crippen MR) is 67.5 cm³/mol. The lowest BCUT2D eigenvalue weighted by Gasteiger charge is -2.34. The molecule has 2 amide bonds. The van der Waals surface area contributed by atoms with Gasteiger partial charge in [0.15, 0.2) is 0 Å². The number of halogens is 1. The Kier molecular flexibility index (Phi) is 3.47. The van der Waals surface area contributed by atoms with Crippen molar-refractivity contribution in [2.45, 2.75) is 19.0 Å². The number of rotatable bonds is 2. The molecule has 17 heavy (non-hydrogen) atoms. The van der Waals surface area contributed by atoms with Gasteiger partial charge in [0, 0.05) is 13.0 Å². The van der Waals surface area contributed by atoms with Crippen LogP contribution >= 0.6 is 15.9 Å². The van der Waals surface area contributed by atoms with Gasteiger partial charge in [-0.1, -0.05) is 40.2 Å². The Morgan fingerprint density at radius 3 is 2.59 bits per heavy atom. The van der Waals surface area contributed by atoms with Crippen LogP contribution in [0.1, 0.15) is 11.1 Å². The van der Waals surface area contributed by atoms with Gasteiger partial charge in [-0.15, -0.1) is 0 Å². The minimum absolute atomic E-state index is 0.108. The molecular weight excluding hydrogens is 284 g/mol. The molecule has 0 radical (unpaired) electrons. The number of hydrogen-bond donors (Lipinski definition) is 1. The molecule has 90 valence electrons. The number of primary amides is 1. The third kappa shape index (κ3) is 2.34. The maximum atomic E-state index is 11.8. The Labute approximate surface area is 108 Å². The Morgan fingerprint density at radius 2 is 2.00 bits per heavy atom. The van der Waals surface area contributed by atoms with Gasteiger partial charge in [-0.05, 0) is 11.1 Å². The zero-order valence-electron chi connectivity index (χ0n) is 9.23. The molecule has 4 nitrogen and oxygen atoms in total. The number of nitrogens with two attached hydrogens (primary N) is 1. The zero-order chi connectivity index (χ0) is 12.4. The van der Waals surface area contributed by atoms with E-state index >= 15 is 0 Å². The second-order valence-electron chi connectivity index (χ2n) is 4.05. The molecule has 0 bridgehead atoms. The number of fused-ring (bicyclic) bond motifs is 1. The Bertz CT molecular complexity index is 462. The summed E-state index contributed by atoms with van der Waals surface area (Å²) < 4.78 is 0. The molecule has 0 saturated carbocycles. The Morgan fingerprint density at radius 1 is 1.35 bits per heavy atom. The molecule has 2 rings (SSSR count). The Hall–Kier alpha value is -1.36. The number of carbonyl (C=O) groups is 2. The average Bonchev–Trinajstić information content (AvgIpc) is 2.36. The molecule has 0 unspecified atom stereocenters. The van der Waals surface area contributed by atoms with Crippen molar-refractivity contribution in [3.05, 3.63) is 35.4 Å². The molecule has 1 aromatic rings. The number of hydrogen-bond acceptors (Lipinski definition) is 2. The van der Waals surface area contributed by atoms with E-state index < -0.39 is 11.9 Å². The normalized spacial score (nSPS) is 18.6. The molecule has 0 aliphatic carbocycles. The Balaban J connectivity index is 2.34. The van der Waals surface area contributed by atoms with Crippen LogP contribution in [0.2, 0.25) is 0 Å².